The van der Waals surface area contributed by atoms with Crippen LogP contribution in [0.2, 0.25) is 0 Å². The molecule has 0 saturated carbocycles. The van der Waals surface area contributed by atoms with Crippen LogP contribution in [-0.4, -0.2) is 37.2 Å². The van der Waals surface area contributed by atoms with Crippen molar-refractivity contribution in [3.05, 3.63) is 16.1 Å². The van der Waals surface area contributed by atoms with Gasteiger partial charge in [0.15, 0.2) is 0 Å². The molecule has 17 heavy (non-hydrogen) atoms. The minimum atomic E-state index is -0.493. The molecule has 0 bridgehead atoms. The molecule has 1 unspecified atom stereocenters. The fourth-order valence-electron chi connectivity index (χ4n) is 1.32. The third-order valence-corrected chi connectivity index (χ3v) is 3.30. The Morgan fingerprint density at radius 3 is 3.06 bits per heavy atom. The highest BCUT2D eigenvalue weighted by Crippen LogP contribution is 2.08. The minimum Gasteiger partial charge on any atom is -0.385 e. The standard InChI is InChI=1S/C11H19N3O2S/c1-8-7-17-10(14-8)3-5-13-11(15)9(12)4-6-16-2/h7,9H,3-6,12H2,1-2H3,(H,13,15). The number of rotatable bonds is 7. The molecule has 1 atom stereocenters. The number of nitrogens with one attached hydrogen (secondary N) is 1. The van der Waals surface area contributed by atoms with Crippen molar-refractivity contribution >= 4 is 17.2 Å². The van der Waals surface area contributed by atoms with Crippen LogP contribution < -0.4 is 11.1 Å². The molecule has 5 nitrogen and oxygen atoms in total. The molecule has 0 aliphatic carbocycles. The Balaban J connectivity index is 2.19. The Kier molecular flexibility index (Phi) is 6.10. The van der Waals surface area contributed by atoms with Gasteiger partial charge in [-0.3, -0.25) is 4.79 Å². The van der Waals surface area contributed by atoms with Crippen LogP contribution in [0.15, 0.2) is 5.38 Å². The number of nitrogens with two attached hydrogens (primary N) is 1. The average Bonchev–Trinajstić information content (AvgIpc) is 2.71. The van der Waals surface area contributed by atoms with Gasteiger partial charge in [0.05, 0.1) is 11.0 Å². The first kappa shape index (κ1) is 14.1. The molecular weight excluding hydrogens is 238 g/mol. The van der Waals surface area contributed by atoms with Gasteiger partial charge < -0.3 is 15.8 Å². The van der Waals surface area contributed by atoms with Crippen molar-refractivity contribution < 1.29 is 9.53 Å². The number of hydrogen-bond acceptors (Lipinski definition) is 5. The molecular formula is C11H19N3O2S. The maximum atomic E-state index is 11.5. The molecule has 0 spiro atoms. The van der Waals surface area contributed by atoms with Crippen molar-refractivity contribution in [1.29, 1.82) is 0 Å². The summed E-state index contributed by atoms with van der Waals surface area (Å²) in [5, 5.41) is 5.83. The normalized spacial score (nSPS) is 12.4. The number of carbonyl (C=O) groups is 1. The van der Waals surface area contributed by atoms with E-state index in [2.05, 4.69) is 10.3 Å². The van der Waals surface area contributed by atoms with Crippen LogP contribution in [0, 0.1) is 6.92 Å². The summed E-state index contributed by atoms with van der Waals surface area (Å²) in [6, 6.07) is -0.493. The topological polar surface area (TPSA) is 77.2 Å². The van der Waals surface area contributed by atoms with Gasteiger partial charge in [-0.25, -0.2) is 4.98 Å². The summed E-state index contributed by atoms with van der Waals surface area (Å²) in [5.74, 6) is -0.129. The lowest BCUT2D eigenvalue weighted by Gasteiger charge is -2.10. The molecule has 0 radical (unpaired) electrons. The van der Waals surface area contributed by atoms with E-state index >= 15 is 0 Å². The number of aryl methyl sites for hydroxylation is 1. The van der Waals surface area contributed by atoms with Crippen LogP contribution in [0.1, 0.15) is 17.1 Å². The monoisotopic (exact) mass is 257 g/mol. The lowest BCUT2D eigenvalue weighted by atomic mass is 10.2. The fraction of sp³-hybridized carbons (Fsp3) is 0.636. The van der Waals surface area contributed by atoms with Gasteiger partial charge in [0.2, 0.25) is 5.91 Å². The summed E-state index contributed by atoms with van der Waals surface area (Å²) in [7, 11) is 1.59. The molecule has 6 heteroatoms. The second-order valence-electron chi connectivity index (χ2n) is 3.81. The first-order valence-corrected chi connectivity index (χ1v) is 6.44. The maximum Gasteiger partial charge on any atom is 0.237 e. The number of aromatic nitrogens is 1. The number of methoxy groups -OCH3 is 1. The highest BCUT2D eigenvalue weighted by Gasteiger charge is 2.12. The molecule has 3 N–H and O–H groups in total. The minimum absolute atomic E-state index is 0.129. The highest BCUT2D eigenvalue weighted by molar-refractivity contribution is 7.09. The SMILES string of the molecule is COCCC(N)C(=O)NCCc1nc(C)cs1. The number of carbonyl (C=O) groups excluding carboxylic acids is 1. The van der Waals surface area contributed by atoms with E-state index in [0.717, 1.165) is 17.1 Å². The highest BCUT2D eigenvalue weighted by atomic mass is 32.1. The van der Waals surface area contributed by atoms with Gasteiger partial charge in [-0.15, -0.1) is 11.3 Å². The van der Waals surface area contributed by atoms with Gasteiger partial charge in [0.1, 0.15) is 0 Å². The third-order valence-electron chi connectivity index (χ3n) is 2.27. The average molecular weight is 257 g/mol. The Morgan fingerprint density at radius 2 is 2.47 bits per heavy atom. The molecule has 96 valence electrons. The van der Waals surface area contributed by atoms with Crippen molar-refractivity contribution in [1.82, 2.24) is 10.3 Å². The summed E-state index contributed by atoms with van der Waals surface area (Å²) in [6.45, 7) is 3.03. The van der Waals surface area contributed by atoms with Crippen LogP contribution in [-0.2, 0) is 16.0 Å². The van der Waals surface area contributed by atoms with E-state index in [1.54, 1.807) is 18.4 Å². The largest absolute Gasteiger partial charge is 0.385 e. The number of thiazole rings is 1. The van der Waals surface area contributed by atoms with Crippen LogP contribution in [0.3, 0.4) is 0 Å². The molecule has 0 aliphatic heterocycles. The van der Waals surface area contributed by atoms with Crippen molar-refractivity contribution in [2.75, 3.05) is 20.3 Å². The lowest BCUT2D eigenvalue weighted by Crippen LogP contribution is -2.41. The van der Waals surface area contributed by atoms with Gasteiger partial charge in [-0.05, 0) is 13.3 Å². The third kappa shape index (κ3) is 5.25. The zero-order valence-electron chi connectivity index (χ0n) is 10.2. The van der Waals surface area contributed by atoms with E-state index in [0.29, 0.717) is 19.6 Å². The maximum absolute atomic E-state index is 11.5. The zero-order chi connectivity index (χ0) is 12.7. The van der Waals surface area contributed by atoms with E-state index in [-0.39, 0.29) is 5.91 Å². The smallest absolute Gasteiger partial charge is 0.237 e. The molecule has 1 aromatic rings. The van der Waals surface area contributed by atoms with Crippen molar-refractivity contribution in [2.45, 2.75) is 25.8 Å². The number of nitrogens with zero attached hydrogens (tertiary/aromatic N) is 1. The van der Waals surface area contributed by atoms with E-state index in [1.165, 1.54) is 0 Å². The quantitative estimate of drug-likeness (QED) is 0.744. The van der Waals surface area contributed by atoms with E-state index in [1.807, 2.05) is 12.3 Å². The van der Waals surface area contributed by atoms with Crippen LogP contribution in [0.4, 0.5) is 0 Å². The predicted molar refractivity (Wildman–Crippen MR) is 68.0 cm³/mol. The number of amides is 1. The Bertz CT molecular complexity index is 354. The first-order valence-electron chi connectivity index (χ1n) is 5.56. The van der Waals surface area contributed by atoms with Gasteiger partial charge in [0.25, 0.3) is 0 Å². The van der Waals surface area contributed by atoms with Crippen LogP contribution >= 0.6 is 11.3 Å². The molecule has 1 heterocycles. The Hall–Kier alpha value is -0.980. The second kappa shape index (κ2) is 7.37. The van der Waals surface area contributed by atoms with E-state index < -0.39 is 6.04 Å². The van der Waals surface area contributed by atoms with Crippen molar-refractivity contribution in [3.8, 4) is 0 Å². The predicted octanol–water partition coefficient (Wildman–Crippen LogP) is 0.474. The lowest BCUT2D eigenvalue weighted by molar-refractivity contribution is -0.122. The number of ether oxygens (including phenoxy) is 1. The zero-order valence-corrected chi connectivity index (χ0v) is 11.0. The van der Waals surface area contributed by atoms with Crippen molar-refractivity contribution in [3.63, 3.8) is 0 Å². The molecule has 1 rings (SSSR count). The van der Waals surface area contributed by atoms with E-state index in [9.17, 15) is 4.79 Å². The summed E-state index contributed by atoms with van der Waals surface area (Å²) >= 11 is 1.61. The van der Waals surface area contributed by atoms with Crippen LogP contribution in [0.5, 0.6) is 0 Å². The molecule has 0 fully saturated rings. The van der Waals surface area contributed by atoms with Crippen molar-refractivity contribution in [2.24, 2.45) is 5.73 Å². The Labute approximate surface area is 105 Å². The number of hydrogen-bond donors (Lipinski definition) is 2. The van der Waals surface area contributed by atoms with Gasteiger partial charge in [-0.2, -0.15) is 0 Å². The molecule has 1 aromatic heterocycles. The summed E-state index contributed by atoms with van der Waals surface area (Å²) in [4.78, 5) is 15.9. The first-order chi connectivity index (χ1) is 8.13. The van der Waals surface area contributed by atoms with E-state index in [4.69, 9.17) is 10.5 Å². The molecule has 0 aromatic carbocycles. The second-order valence-corrected chi connectivity index (χ2v) is 4.75. The van der Waals surface area contributed by atoms with Gasteiger partial charge in [0, 0.05) is 37.8 Å². The summed E-state index contributed by atoms with van der Waals surface area (Å²) in [5.41, 5.74) is 6.70. The molecule has 0 saturated heterocycles. The molecule has 1 amide bonds. The van der Waals surface area contributed by atoms with Crippen LogP contribution in [0.25, 0.3) is 0 Å². The summed E-state index contributed by atoms with van der Waals surface area (Å²) < 4.78 is 4.87. The molecule has 0 aliphatic rings. The Morgan fingerprint density at radius 1 is 1.71 bits per heavy atom. The fourth-order valence-corrected chi connectivity index (χ4v) is 2.09. The summed E-state index contributed by atoms with van der Waals surface area (Å²) in [6.07, 6.45) is 1.29. The van der Waals surface area contributed by atoms with Gasteiger partial charge in [-0.1, -0.05) is 0 Å². The van der Waals surface area contributed by atoms with Gasteiger partial charge >= 0.3 is 0 Å².